The van der Waals surface area contributed by atoms with Gasteiger partial charge in [-0.25, -0.2) is 4.98 Å². The minimum atomic E-state index is -0.224. The smallest absolute Gasteiger partial charge is 0.239 e. The summed E-state index contributed by atoms with van der Waals surface area (Å²) in [5.74, 6) is -0.224. The SMILES string of the molecule is Cc1cc(C)c(-c2csc(NC(=O)CN)n2)cc1C.Cl. The normalized spacial score (nSPS) is 10.0. The van der Waals surface area contributed by atoms with Crippen LogP contribution in [0.3, 0.4) is 0 Å². The van der Waals surface area contributed by atoms with Crippen molar-refractivity contribution in [2.75, 3.05) is 11.9 Å². The number of benzene rings is 1. The molecule has 0 unspecified atom stereocenters. The number of thiazole rings is 1. The highest BCUT2D eigenvalue weighted by atomic mass is 35.5. The molecule has 0 saturated heterocycles. The molecular weight excluding hydrogens is 294 g/mol. The van der Waals surface area contributed by atoms with Gasteiger partial charge in [-0.15, -0.1) is 23.7 Å². The van der Waals surface area contributed by atoms with Gasteiger partial charge in [0.15, 0.2) is 5.13 Å². The van der Waals surface area contributed by atoms with Crippen molar-refractivity contribution >= 4 is 34.8 Å². The minimum Gasteiger partial charge on any atom is -0.322 e. The first-order valence-corrected chi connectivity index (χ1v) is 6.93. The van der Waals surface area contributed by atoms with Crippen molar-refractivity contribution in [1.29, 1.82) is 0 Å². The Morgan fingerprint density at radius 2 is 1.90 bits per heavy atom. The first-order valence-electron chi connectivity index (χ1n) is 6.05. The summed E-state index contributed by atoms with van der Waals surface area (Å²) in [7, 11) is 0. The lowest BCUT2D eigenvalue weighted by Crippen LogP contribution is -2.21. The van der Waals surface area contributed by atoms with E-state index in [0.717, 1.165) is 11.3 Å². The number of rotatable bonds is 3. The fourth-order valence-corrected chi connectivity index (χ4v) is 2.59. The Morgan fingerprint density at radius 1 is 1.25 bits per heavy atom. The lowest BCUT2D eigenvalue weighted by Gasteiger charge is -2.07. The first kappa shape index (κ1) is 16.6. The van der Waals surface area contributed by atoms with Gasteiger partial charge in [0.2, 0.25) is 5.91 Å². The van der Waals surface area contributed by atoms with Crippen molar-refractivity contribution in [1.82, 2.24) is 4.98 Å². The van der Waals surface area contributed by atoms with Crippen LogP contribution in [0.1, 0.15) is 16.7 Å². The van der Waals surface area contributed by atoms with Crippen LogP contribution in [-0.4, -0.2) is 17.4 Å². The molecule has 6 heteroatoms. The average molecular weight is 312 g/mol. The standard InChI is InChI=1S/C14H17N3OS.ClH/c1-8-4-10(3)11(5-9(8)2)12-7-19-14(16-12)17-13(18)6-15;/h4-5,7H,6,15H2,1-3H3,(H,16,17,18);1H. The van der Waals surface area contributed by atoms with Crippen molar-refractivity contribution in [2.24, 2.45) is 5.73 Å². The zero-order valence-electron chi connectivity index (χ0n) is 11.7. The average Bonchev–Trinajstić information content (AvgIpc) is 2.82. The Bertz CT molecular complexity index is 625. The molecule has 20 heavy (non-hydrogen) atoms. The maximum Gasteiger partial charge on any atom is 0.239 e. The highest BCUT2D eigenvalue weighted by Crippen LogP contribution is 2.29. The van der Waals surface area contributed by atoms with Gasteiger partial charge in [-0.2, -0.15) is 0 Å². The third-order valence-electron chi connectivity index (χ3n) is 3.05. The summed E-state index contributed by atoms with van der Waals surface area (Å²) in [5, 5.41) is 5.20. The number of halogens is 1. The van der Waals surface area contributed by atoms with Gasteiger partial charge in [0, 0.05) is 10.9 Å². The molecule has 0 fully saturated rings. The van der Waals surface area contributed by atoms with Crippen molar-refractivity contribution < 1.29 is 4.79 Å². The van der Waals surface area contributed by atoms with Gasteiger partial charge in [0.25, 0.3) is 0 Å². The van der Waals surface area contributed by atoms with Crippen LogP contribution in [0.15, 0.2) is 17.5 Å². The zero-order valence-corrected chi connectivity index (χ0v) is 13.3. The summed E-state index contributed by atoms with van der Waals surface area (Å²) in [6, 6.07) is 4.29. The van der Waals surface area contributed by atoms with E-state index in [1.165, 1.54) is 28.0 Å². The second kappa shape index (κ2) is 6.83. The molecule has 0 aliphatic rings. The van der Waals surface area contributed by atoms with E-state index in [4.69, 9.17) is 5.73 Å². The Balaban J connectivity index is 0.00000200. The van der Waals surface area contributed by atoms with Crippen molar-refractivity contribution in [3.05, 3.63) is 34.2 Å². The van der Waals surface area contributed by atoms with Crippen LogP contribution in [0, 0.1) is 20.8 Å². The van der Waals surface area contributed by atoms with Crippen molar-refractivity contribution in [3.63, 3.8) is 0 Å². The predicted octanol–water partition coefficient (Wildman–Crippen LogP) is 3.05. The van der Waals surface area contributed by atoms with Crippen LogP contribution < -0.4 is 11.1 Å². The number of carbonyl (C=O) groups is 1. The second-order valence-corrected chi connectivity index (χ2v) is 5.40. The Morgan fingerprint density at radius 3 is 2.55 bits per heavy atom. The van der Waals surface area contributed by atoms with E-state index in [2.05, 4.69) is 43.2 Å². The van der Waals surface area contributed by atoms with Crippen molar-refractivity contribution in [3.8, 4) is 11.3 Å². The highest BCUT2D eigenvalue weighted by Gasteiger charge is 2.10. The highest BCUT2D eigenvalue weighted by molar-refractivity contribution is 7.14. The number of aromatic nitrogens is 1. The zero-order chi connectivity index (χ0) is 14.0. The lowest BCUT2D eigenvalue weighted by molar-refractivity contribution is -0.114. The summed E-state index contributed by atoms with van der Waals surface area (Å²) in [6.07, 6.45) is 0. The summed E-state index contributed by atoms with van der Waals surface area (Å²) in [6.45, 7) is 6.22. The number of nitrogens with zero attached hydrogens (tertiary/aromatic N) is 1. The number of hydrogen-bond donors (Lipinski definition) is 2. The molecule has 1 aromatic carbocycles. The molecule has 0 aliphatic heterocycles. The van der Waals surface area contributed by atoms with E-state index in [-0.39, 0.29) is 24.9 Å². The van der Waals surface area contributed by atoms with Gasteiger partial charge >= 0.3 is 0 Å². The number of carbonyl (C=O) groups excluding carboxylic acids is 1. The van der Waals surface area contributed by atoms with Gasteiger partial charge < -0.3 is 11.1 Å². The van der Waals surface area contributed by atoms with Gasteiger partial charge in [-0.3, -0.25) is 4.79 Å². The molecule has 1 heterocycles. The van der Waals surface area contributed by atoms with E-state index < -0.39 is 0 Å². The minimum absolute atomic E-state index is 0. The van der Waals surface area contributed by atoms with Gasteiger partial charge in [0.05, 0.1) is 12.2 Å². The molecule has 4 nitrogen and oxygen atoms in total. The quantitative estimate of drug-likeness (QED) is 0.915. The second-order valence-electron chi connectivity index (χ2n) is 4.54. The first-order chi connectivity index (χ1) is 9.01. The molecule has 1 amide bonds. The van der Waals surface area contributed by atoms with Crippen LogP contribution in [0.2, 0.25) is 0 Å². The topological polar surface area (TPSA) is 68.0 Å². The van der Waals surface area contributed by atoms with Crippen LogP contribution in [-0.2, 0) is 4.79 Å². The molecule has 2 aromatic rings. The lowest BCUT2D eigenvalue weighted by atomic mass is 9.99. The summed E-state index contributed by atoms with van der Waals surface area (Å²) < 4.78 is 0. The summed E-state index contributed by atoms with van der Waals surface area (Å²) in [5.41, 5.74) is 10.9. The van der Waals surface area contributed by atoms with Gasteiger partial charge in [-0.05, 0) is 43.5 Å². The summed E-state index contributed by atoms with van der Waals surface area (Å²) >= 11 is 1.41. The monoisotopic (exact) mass is 311 g/mol. The third kappa shape index (κ3) is 3.56. The van der Waals surface area contributed by atoms with Gasteiger partial charge in [-0.1, -0.05) is 6.07 Å². The molecule has 0 atom stereocenters. The van der Waals surface area contributed by atoms with Crippen LogP contribution in [0.25, 0.3) is 11.3 Å². The number of nitrogens with one attached hydrogen (secondary N) is 1. The van der Waals surface area contributed by atoms with E-state index in [0.29, 0.717) is 5.13 Å². The number of aryl methyl sites for hydroxylation is 3. The fourth-order valence-electron chi connectivity index (χ4n) is 1.86. The fraction of sp³-hybridized carbons (Fsp3) is 0.286. The molecule has 2 rings (SSSR count). The third-order valence-corrected chi connectivity index (χ3v) is 3.81. The molecule has 3 N–H and O–H groups in total. The van der Waals surface area contributed by atoms with E-state index in [9.17, 15) is 4.79 Å². The van der Waals surface area contributed by atoms with E-state index in [1.807, 2.05) is 5.38 Å². The predicted molar refractivity (Wildman–Crippen MR) is 86.7 cm³/mol. The number of anilines is 1. The van der Waals surface area contributed by atoms with E-state index >= 15 is 0 Å². The van der Waals surface area contributed by atoms with Crippen LogP contribution in [0.5, 0.6) is 0 Å². The Labute approximate surface area is 128 Å². The Kier molecular flexibility index (Phi) is 5.68. The Hall–Kier alpha value is -1.43. The summed E-state index contributed by atoms with van der Waals surface area (Å²) in [4.78, 5) is 15.7. The molecule has 0 radical (unpaired) electrons. The molecule has 0 spiro atoms. The molecule has 108 valence electrons. The number of amides is 1. The molecule has 0 aliphatic carbocycles. The van der Waals surface area contributed by atoms with Crippen molar-refractivity contribution in [2.45, 2.75) is 20.8 Å². The molecule has 0 saturated carbocycles. The largest absolute Gasteiger partial charge is 0.322 e. The molecular formula is C14H18ClN3OS. The van der Waals surface area contributed by atoms with E-state index in [1.54, 1.807) is 0 Å². The molecule has 0 bridgehead atoms. The van der Waals surface area contributed by atoms with Crippen LogP contribution >= 0.6 is 23.7 Å². The maximum absolute atomic E-state index is 11.2. The number of nitrogens with two attached hydrogens (primary N) is 1. The van der Waals surface area contributed by atoms with Gasteiger partial charge in [0.1, 0.15) is 0 Å². The molecule has 1 aromatic heterocycles. The number of hydrogen-bond acceptors (Lipinski definition) is 4. The maximum atomic E-state index is 11.2. The van der Waals surface area contributed by atoms with Crippen LogP contribution in [0.4, 0.5) is 5.13 Å².